The van der Waals surface area contributed by atoms with E-state index >= 15 is 0 Å². The highest BCUT2D eigenvalue weighted by atomic mass is 32.2. The largest absolute Gasteiger partial charge is 0.492 e. The summed E-state index contributed by atoms with van der Waals surface area (Å²) in [7, 11) is -1.82. The number of ether oxygens (including phenoxy) is 1. The number of benzene rings is 2. The lowest BCUT2D eigenvalue weighted by Crippen LogP contribution is -2.29. The van der Waals surface area contributed by atoms with E-state index in [1.165, 1.54) is 16.9 Å². The van der Waals surface area contributed by atoms with Gasteiger partial charge in [-0.1, -0.05) is 25.5 Å². The Morgan fingerprint density at radius 1 is 1.04 bits per heavy atom. The highest BCUT2D eigenvalue weighted by Crippen LogP contribution is 2.17. The highest BCUT2D eigenvalue weighted by Gasteiger charge is 2.16. The average Bonchev–Trinajstić information content (AvgIpc) is 2.72. The van der Waals surface area contributed by atoms with E-state index in [0.717, 1.165) is 18.6 Å². The number of hydrogen-bond acceptors (Lipinski definition) is 4. The molecule has 0 atom stereocenters. The normalized spacial score (nSPS) is 11.1. The molecule has 0 heterocycles. The van der Waals surface area contributed by atoms with Crippen molar-refractivity contribution in [3.05, 3.63) is 59.7 Å². The van der Waals surface area contributed by atoms with Crippen molar-refractivity contribution in [1.82, 2.24) is 5.32 Å². The molecule has 152 valence electrons. The first-order valence-electron chi connectivity index (χ1n) is 9.44. The van der Waals surface area contributed by atoms with Crippen LogP contribution in [0.5, 0.6) is 5.75 Å². The van der Waals surface area contributed by atoms with Gasteiger partial charge >= 0.3 is 0 Å². The maximum Gasteiger partial charge on any atom is 0.251 e. The van der Waals surface area contributed by atoms with Crippen LogP contribution in [0, 0.1) is 0 Å². The van der Waals surface area contributed by atoms with Crippen molar-refractivity contribution < 1.29 is 17.9 Å². The van der Waals surface area contributed by atoms with E-state index in [1.54, 1.807) is 31.2 Å². The Kier molecular flexibility index (Phi) is 7.87. The van der Waals surface area contributed by atoms with Crippen LogP contribution in [-0.2, 0) is 16.4 Å². The third-order valence-corrected chi connectivity index (χ3v) is 6.17. The topological polar surface area (TPSA) is 75.7 Å². The number of carbonyl (C=O) groups is 1. The molecular formula is C21H28N2O4S. The quantitative estimate of drug-likeness (QED) is 0.617. The zero-order valence-electron chi connectivity index (χ0n) is 16.6. The van der Waals surface area contributed by atoms with Gasteiger partial charge in [-0.2, -0.15) is 0 Å². The SMILES string of the molecule is CCCc1ccc(OCCNC(=O)c2ccc(N(C)S(=O)(=O)CC)cc2)cc1. The molecule has 2 rings (SSSR count). The van der Waals surface area contributed by atoms with Crippen LogP contribution >= 0.6 is 0 Å². The molecule has 0 saturated heterocycles. The summed E-state index contributed by atoms with van der Waals surface area (Å²) in [6.07, 6.45) is 2.16. The first-order chi connectivity index (χ1) is 13.4. The molecule has 0 aliphatic heterocycles. The minimum atomic E-state index is -3.32. The molecule has 2 aromatic rings. The summed E-state index contributed by atoms with van der Waals surface area (Å²) in [5, 5.41) is 2.80. The number of nitrogens with one attached hydrogen (secondary N) is 1. The molecular weight excluding hydrogens is 376 g/mol. The van der Waals surface area contributed by atoms with E-state index in [1.807, 2.05) is 12.1 Å². The lowest BCUT2D eigenvalue weighted by Gasteiger charge is -2.18. The Morgan fingerprint density at radius 2 is 1.68 bits per heavy atom. The number of anilines is 1. The standard InChI is InChI=1S/C21H28N2O4S/c1-4-6-17-7-13-20(14-8-17)27-16-15-22-21(24)18-9-11-19(12-10-18)23(3)28(25,26)5-2/h7-14H,4-6,15-16H2,1-3H3,(H,22,24). The molecule has 0 aliphatic carbocycles. The summed E-state index contributed by atoms with van der Waals surface area (Å²) in [6, 6.07) is 14.4. The molecule has 2 aromatic carbocycles. The molecule has 0 fully saturated rings. The number of hydrogen-bond donors (Lipinski definition) is 1. The number of amides is 1. The minimum absolute atomic E-state index is 0.0209. The second-order valence-electron chi connectivity index (χ2n) is 6.41. The number of nitrogens with zero attached hydrogens (tertiary/aromatic N) is 1. The fourth-order valence-corrected chi connectivity index (χ4v) is 3.48. The zero-order chi connectivity index (χ0) is 20.6. The molecule has 1 N–H and O–H groups in total. The highest BCUT2D eigenvalue weighted by molar-refractivity contribution is 7.92. The van der Waals surface area contributed by atoms with Gasteiger partial charge in [-0.15, -0.1) is 0 Å². The summed E-state index contributed by atoms with van der Waals surface area (Å²) >= 11 is 0. The predicted octanol–water partition coefficient (Wildman–Crippen LogP) is 3.23. The monoisotopic (exact) mass is 404 g/mol. The van der Waals surface area contributed by atoms with Crippen LogP contribution in [0.1, 0.15) is 36.2 Å². The molecule has 1 amide bonds. The van der Waals surface area contributed by atoms with Crippen molar-refractivity contribution >= 4 is 21.6 Å². The average molecular weight is 405 g/mol. The molecule has 0 unspecified atom stereocenters. The fourth-order valence-electron chi connectivity index (χ4n) is 2.65. The predicted molar refractivity (Wildman–Crippen MR) is 113 cm³/mol. The fraction of sp³-hybridized carbons (Fsp3) is 0.381. The van der Waals surface area contributed by atoms with E-state index in [9.17, 15) is 13.2 Å². The molecule has 6 nitrogen and oxygen atoms in total. The van der Waals surface area contributed by atoms with Crippen LogP contribution in [0.4, 0.5) is 5.69 Å². The van der Waals surface area contributed by atoms with E-state index < -0.39 is 10.0 Å². The van der Waals surface area contributed by atoms with E-state index in [2.05, 4.69) is 24.4 Å². The molecule has 0 spiro atoms. The smallest absolute Gasteiger partial charge is 0.251 e. The van der Waals surface area contributed by atoms with E-state index in [0.29, 0.717) is 24.4 Å². The number of sulfonamides is 1. The van der Waals surface area contributed by atoms with Crippen LogP contribution in [-0.4, -0.2) is 40.3 Å². The number of aryl methyl sites for hydroxylation is 1. The van der Waals surface area contributed by atoms with Gasteiger partial charge < -0.3 is 10.1 Å². The molecule has 0 radical (unpaired) electrons. The van der Waals surface area contributed by atoms with Gasteiger partial charge in [0, 0.05) is 12.6 Å². The van der Waals surface area contributed by atoms with Gasteiger partial charge in [0.1, 0.15) is 12.4 Å². The molecule has 0 aliphatic rings. The van der Waals surface area contributed by atoms with Gasteiger partial charge in [-0.05, 0) is 55.3 Å². The van der Waals surface area contributed by atoms with Crippen molar-refractivity contribution in [3.8, 4) is 5.75 Å². The van der Waals surface area contributed by atoms with Crippen LogP contribution in [0.3, 0.4) is 0 Å². The molecule has 7 heteroatoms. The second kappa shape index (κ2) is 10.1. The maximum atomic E-state index is 12.2. The van der Waals surface area contributed by atoms with Gasteiger partial charge in [0.15, 0.2) is 0 Å². The zero-order valence-corrected chi connectivity index (χ0v) is 17.5. The Balaban J connectivity index is 1.81. The second-order valence-corrected chi connectivity index (χ2v) is 8.70. The van der Waals surface area contributed by atoms with Crippen LogP contribution in [0.2, 0.25) is 0 Å². The van der Waals surface area contributed by atoms with Gasteiger partial charge in [-0.3, -0.25) is 9.10 Å². The summed E-state index contributed by atoms with van der Waals surface area (Å²) in [4.78, 5) is 12.2. The minimum Gasteiger partial charge on any atom is -0.492 e. The van der Waals surface area contributed by atoms with Crippen molar-refractivity contribution in [1.29, 1.82) is 0 Å². The molecule has 0 saturated carbocycles. The summed E-state index contributed by atoms with van der Waals surface area (Å²) in [6.45, 7) is 4.48. The van der Waals surface area contributed by atoms with Gasteiger partial charge in [0.25, 0.3) is 5.91 Å². The van der Waals surface area contributed by atoms with Gasteiger partial charge in [0.05, 0.1) is 18.0 Å². The van der Waals surface area contributed by atoms with Crippen LogP contribution in [0.15, 0.2) is 48.5 Å². The summed E-state index contributed by atoms with van der Waals surface area (Å²) in [5.74, 6) is 0.570. The Hall–Kier alpha value is -2.54. The van der Waals surface area contributed by atoms with Crippen molar-refractivity contribution in [3.63, 3.8) is 0 Å². The van der Waals surface area contributed by atoms with Crippen molar-refractivity contribution in [2.75, 3.05) is 30.3 Å². The Labute approximate surface area is 167 Å². The van der Waals surface area contributed by atoms with Crippen LogP contribution < -0.4 is 14.4 Å². The Morgan fingerprint density at radius 3 is 2.25 bits per heavy atom. The molecule has 28 heavy (non-hydrogen) atoms. The third kappa shape index (κ3) is 5.99. The van der Waals surface area contributed by atoms with Gasteiger partial charge in [-0.25, -0.2) is 8.42 Å². The molecule has 0 aromatic heterocycles. The summed E-state index contributed by atoms with van der Waals surface area (Å²) < 4.78 is 30.6. The lowest BCUT2D eigenvalue weighted by atomic mass is 10.1. The Bertz CT molecular complexity index is 862. The van der Waals surface area contributed by atoms with Crippen LogP contribution in [0.25, 0.3) is 0 Å². The van der Waals surface area contributed by atoms with Gasteiger partial charge in [0.2, 0.25) is 10.0 Å². The number of rotatable bonds is 10. The first-order valence-corrected chi connectivity index (χ1v) is 11.0. The third-order valence-electron chi connectivity index (χ3n) is 4.39. The van der Waals surface area contributed by atoms with E-state index in [4.69, 9.17) is 4.74 Å². The maximum absolute atomic E-state index is 12.2. The summed E-state index contributed by atoms with van der Waals surface area (Å²) in [5.41, 5.74) is 2.27. The lowest BCUT2D eigenvalue weighted by molar-refractivity contribution is 0.0947. The first kappa shape index (κ1) is 21.8. The van der Waals surface area contributed by atoms with Crippen molar-refractivity contribution in [2.24, 2.45) is 0 Å². The van der Waals surface area contributed by atoms with Crippen molar-refractivity contribution in [2.45, 2.75) is 26.7 Å². The van der Waals surface area contributed by atoms with E-state index in [-0.39, 0.29) is 11.7 Å². The molecule has 0 bridgehead atoms. The number of carbonyl (C=O) groups excluding carboxylic acids is 1.